The van der Waals surface area contributed by atoms with Crippen molar-refractivity contribution in [3.63, 3.8) is 0 Å². The van der Waals surface area contributed by atoms with Crippen LogP contribution in [0, 0.1) is 0 Å². The molecule has 0 saturated heterocycles. The maximum absolute atomic E-state index is 8.88. The van der Waals surface area contributed by atoms with E-state index in [-0.39, 0.29) is 75.5 Å². The van der Waals surface area contributed by atoms with Crippen molar-refractivity contribution in [1.82, 2.24) is 0 Å². The molecule has 0 aliphatic carbocycles. The van der Waals surface area contributed by atoms with E-state index in [1.54, 1.807) is 0 Å². The van der Waals surface area contributed by atoms with E-state index in [2.05, 4.69) is 0 Å². The Labute approximate surface area is 102 Å². The third-order valence-corrected chi connectivity index (χ3v) is 0. The van der Waals surface area contributed by atoms with Gasteiger partial charge in [0.1, 0.15) is 0 Å². The Balaban J connectivity index is -0.00000000286. The van der Waals surface area contributed by atoms with Crippen molar-refractivity contribution in [2.24, 2.45) is 0 Å². The van der Waals surface area contributed by atoms with Crippen LogP contribution in [0.5, 0.6) is 0 Å². The third-order valence-electron chi connectivity index (χ3n) is 0. The van der Waals surface area contributed by atoms with Crippen LogP contribution in [0.3, 0.4) is 0 Å². The van der Waals surface area contributed by atoms with Gasteiger partial charge in [0.25, 0.3) is 0 Å². The molecule has 0 aromatic rings. The van der Waals surface area contributed by atoms with Crippen LogP contribution in [0.4, 0.5) is 0 Å². The number of phosphoric acid groups is 1. The second-order valence-corrected chi connectivity index (χ2v) is 1.54. The molecular formula is C6H28NaO4P. The Morgan fingerprint density at radius 1 is 0.750 bits per heavy atom. The van der Waals surface area contributed by atoms with E-state index in [0.717, 1.165) is 0 Å². The van der Waals surface area contributed by atoms with Crippen LogP contribution in [0.2, 0.25) is 0 Å². The molecule has 0 aliphatic rings. The van der Waals surface area contributed by atoms with Crippen LogP contribution in [-0.2, 0) is 4.57 Å². The van der Waals surface area contributed by atoms with Crippen LogP contribution >= 0.6 is 7.82 Å². The second-order valence-electron chi connectivity index (χ2n) is 0.513. The Morgan fingerprint density at radius 2 is 0.750 bits per heavy atom. The molecule has 0 aromatic heterocycles. The summed E-state index contributed by atoms with van der Waals surface area (Å²) in [5.41, 5.74) is 0. The van der Waals surface area contributed by atoms with Crippen molar-refractivity contribution < 1.29 is 50.2 Å². The van der Waals surface area contributed by atoms with Gasteiger partial charge in [0.05, 0.1) is 0 Å². The minimum atomic E-state index is -4.64. The Morgan fingerprint density at radius 3 is 0.750 bits per heavy atom. The van der Waals surface area contributed by atoms with Crippen molar-refractivity contribution in [2.75, 3.05) is 0 Å². The van der Waals surface area contributed by atoms with Gasteiger partial charge in [0.2, 0.25) is 0 Å². The summed E-state index contributed by atoms with van der Waals surface area (Å²) in [6.45, 7) is 0. The molecule has 0 spiro atoms. The van der Waals surface area contributed by atoms with Gasteiger partial charge in [0.15, 0.2) is 0 Å². The van der Waals surface area contributed by atoms with E-state index in [1.165, 1.54) is 0 Å². The summed E-state index contributed by atoms with van der Waals surface area (Å²) in [5.74, 6) is 0. The largest absolute Gasteiger partial charge is 1.00 e. The molecule has 12 heavy (non-hydrogen) atoms. The first-order valence-electron chi connectivity index (χ1n) is 0.783. The molecule has 0 saturated carbocycles. The summed E-state index contributed by atoms with van der Waals surface area (Å²) in [6.07, 6.45) is 0. The predicted octanol–water partition coefficient (Wildman–Crippen LogP) is 0.00450. The molecule has 3 N–H and O–H groups in total. The zero-order valence-electron chi connectivity index (χ0n) is 4.20. The number of rotatable bonds is 0. The first-order chi connectivity index (χ1) is 2.00. The molecule has 0 rings (SSSR count). The number of hydrogen-bond acceptors (Lipinski definition) is 1. The molecule has 0 unspecified atom stereocenters. The minimum Gasteiger partial charge on any atom is -1.00 e. The van der Waals surface area contributed by atoms with E-state index in [0.29, 0.717) is 0 Å². The van der Waals surface area contributed by atoms with Crippen LogP contribution in [0.15, 0.2) is 0 Å². The minimum absolute atomic E-state index is 0. The molecule has 6 heteroatoms. The van der Waals surface area contributed by atoms with Gasteiger partial charge >= 0.3 is 37.4 Å². The van der Waals surface area contributed by atoms with Crippen molar-refractivity contribution >= 4 is 7.82 Å². The Kier molecular flexibility index (Phi) is 181. The molecule has 0 radical (unpaired) electrons. The summed E-state index contributed by atoms with van der Waals surface area (Å²) >= 11 is 0. The van der Waals surface area contributed by atoms with Gasteiger partial charge in [-0.2, -0.15) is 0 Å². The Bertz CT molecular complexity index is 70.8. The molecule has 0 aromatic carbocycles. The van der Waals surface area contributed by atoms with E-state index in [4.69, 9.17) is 19.2 Å². The Hall–Kier alpha value is 1.11. The summed E-state index contributed by atoms with van der Waals surface area (Å²) in [4.78, 5) is 21.6. The van der Waals surface area contributed by atoms with Crippen molar-refractivity contribution in [3.8, 4) is 0 Å². The zero-order valence-corrected chi connectivity index (χ0v) is 6.09. The van der Waals surface area contributed by atoms with Crippen molar-refractivity contribution in [1.29, 1.82) is 0 Å². The molecule has 0 fully saturated rings. The fourth-order valence-electron chi connectivity index (χ4n) is 0. The van der Waals surface area contributed by atoms with Gasteiger partial charge in [-0.05, 0) is 0 Å². The van der Waals surface area contributed by atoms with Gasteiger partial charge < -0.3 is 16.1 Å². The quantitative estimate of drug-likeness (QED) is 0.395. The van der Waals surface area contributed by atoms with Gasteiger partial charge in [-0.1, -0.05) is 44.6 Å². The first kappa shape index (κ1) is 73.6. The smallest absolute Gasteiger partial charge is 1.00 e. The fourth-order valence-corrected chi connectivity index (χ4v) is 0. The maximum atomic E-state index is 8.88. The summed E-state index contributed by atoms with van der Waals surface area (Å²) < 4.78 is 8.88. The predicted molar refractivity (Wildman–Crippen MR) is 55.8 cm³/mol. The van der Waals surface area contributed by atoms with E-state index < -0.39 is 7.82 Å². The van der Waals surface area contributed by atoms with Gasteiger partial charge in [-0.3, -0.25) is 0 Å². The molecule has 82 valence electrons. The van der Waals surface area contributed by atoms with Crippen molar-refractivity contribution in [2.45, 2.75) is 44.6 Å². The zero-order chi connectivity index (χ0) is 4.50. The van der Waals surface area contributed by atoms with Gasteiger partial charge in [-0.25, -0.2) is 4.57 Å². The second kappa shape index (κ2) is 29.6. The topological polar surface area (TPSA) is 77.8 Å². The summed E-state index contributed by atoms with van der Waals surface area (Å²) in [5, 5.41) is 0. The monoisotopic (exact) mass is 218 g/mol. The number of hydrogen-bond donors (Lipinski definition) is 3. The molecule has 0 aliphatic heterocycles. The average Bonchev–Trinajstić information content (AvgIpc) is 0.722. The van der Waals surface area contributed by atoms with Crippen molar-refractivity contribution in [3.05, 3.63) is 0 Å². The fraction of sp³-hybridized carbons (Fsp3) is 1.00. The molecule has 0 amide bonds. The summed E-state index contributed by atoms with van der Waals surface area (Å²) in [6, 6.07) is 0. The standard InChI is InChI=1S/6CH4.Na.H3O4P.H/c;;;;;;;1-5(2,3)4;/h6*1H4;;(H3,1,2,3,4);/q;;;;;;+1;;-1. The molecule has 0 bridgehead atoms. The van der Waals surface area contributed by atoms with Crippen LogP contribution in [0.25, 0.3) is 0 Å². The maximum Gasteiger partial charge on any atom is 1.00 e. The SMILES string of the molecule is C.C.C.C.C.C.O=P(O)(O)O.[H-].[Na+]. The van der Waals surface area contributed by atoms with Crippen LogP contribution in [0.1, 0.15) is 46.0 Å². The van der Waals surface area contributed by atoms with Crippen LogP contribution < -0.4 is 29.6 Å². The molecule has 0 atom stereocenters. The van der Waals surface area contributed by atoms with E-state index >= 15 is 0 Å². The van der Waals surface area contributed by atoms with Gasteiger partial charge in [-0.15, -0.1) is 0 Å². The van der Waals surface area contributed by atoms with Crippen LogP contribution in [-0.4, -0.2) is 14.7 Å². The van der Waals surface area contributed by atoms with E-state index in [1.807, 2.05) is 0 Å². The van der Waals surface area contributed by atoms with E-state index in [9.17, 15) is 0 Å². The molecular weight excluding hydrogens is 190 g/mol. The molecule has 0 heterocycles. The average molecular weight is 218 g/mol. The summed E-state index contributed by atoms with van der Waals surface area (Å²) in [7, 11) is -4.64. The first-order valence-corrected chi connectivity index (χ1v) is 2.35. The normalized spacial score (nSPS) is 4.92. The molecule has 4 nitrogen and oxygen atoms in total. The third kappa shape index (κ3) is 922. The van der Waals surface area contributed by atoms with Gasteiger partial charge in [0, 0.05) is 0 Å².